The van der Waals surface area contributed by atoms with Crippen LogP contribution in [-0.4, -0.2) is 23.6 Å². The molecule has 0 spiro atoms. The fourth-order valence-electron chi connectivity index (χ4n) is 2.20. The topological polar surface area (TPSA) is 93.5 Å². The van der Waals surface area contributed by atoms with Gasteiger partial charge >= 0.3 is 0 Å². The van der Waals surface area contributed by atoms with Gasteiger partial charge in [-0.15, -0.1) is 0 Å². The summed E-state index contributed by atoms with van der Waals surface area (Å²) in [4.78, 5) is 24.1. The minimum absolute atomic E-state index is 0.143. The Labute approximate surface area is 160 Å². The molecule has 2 aromatic carbocycles. The number of hydrogen-bond donors (Lipinski definition) is 2. The molecule has 27 heavy (non-hydrogen) atoms. The number of carbonyl (C=O) groups is 2. The van der Waals surface area contributed by atoms with Crippen molar-refractivity contribution in [2.75, 3.05) is 17.2 Å². The standard InChI is InChI=1S/C19H16ClN3O4/c1-12-10-17(23-27-12)22-19(25)13-2-6-15(7-3-13)21-18(24)11-26-16-8-4-14(20)5-9-16/h2-10H,11H2,1H3,(H,21,24)(H,22,23,25). The Morgan fingerprint density at radius 3 is 2.41 bits per heavy atom. The molecule has 3 aromatic rings. The minimum atomic E-state index is -0.327. The number of ether oxygens (including phenoxy) is 1. The van der Waals surface area contributed by atoms with Crippen molar-refractivity contribution in [2.24, 2.45) is 0 Å². The van der Waals surface area contributed by atoms with Gasteiger partial charge < -0.3 is 19.9 Å². The molecular weight excluding hydrogens is 370 g/mol. The lowest BCUT2D eigenvalue weighted by atomic mass is 10.2. The van der Waals surface area contributed by atoms with E-state index in [4.69, 9.17) is 20.9 Å². The second-order valence-corrected chi connectivity index (χ2v) is 6.08. The number of amides is 2. The lowest BCUT2D eigenvalue weighted by molar-refractivity contribution is -0.118. The summed E-state index contributed by atoms with van der Waals surface area (Å²) in [5.41, 5.74) is 0.972. The van der Waals surface area contributed by atoms with E-state index < -0.39 is 0 Å². The zero-order valence-corrected chi connectivity index (χ0v) is 15.1. The number of rotatable bonds is 6. The largest absolute Gasteiger partial charge is 0.484 e. The molecule has 0 aliphatic heterocycles. The highest BCUT2D eigenvalue weighted by Gasteiger charge is 2.10. The molecule has 8 heteroatoms. The van der Waals surface area contributed by atoms with Crippen molar-refractivity contribution in [3.05, 3.63) is 70.9 Å². The Kier molecular flexibility index (Phi) is 5.73. The zero-order chi connectivity index (χ0) is 19.2. The zero-order valence-electron chi connectivity index (χ0n) is 14.4. The molecule has 3 rings (SSSR count). The van der Waals surface area contributed by atoms with Crippen LogP contribution < -0.4 is 15.4 Å². The van der Waals surface area contributed by atoms with Crippen molar-refractivity contribution in [2.45, 2.75) is 6.92 Å². The van der Waals surface area contributed by atoms with E-state index in [1.807, 2.05) is 0 Å². The van der Waals surface area contributed by atoms with Crippen molar-refractivity contribution in [1.82, 2.24) is 5.16 Å². The van der Waals surface area contributed by atoms with Gasteiger partial charge in [0.2, 0.25) is 0 Å². The molecule has 0 radical (unpaired) electrons. The number of carbonyl (C=O) groups excluding carboxylic acids is 2. The van der Waals surface area contributed by atoms with Gasteiger partial charge in [-0.25, -0.2) is 0 Å². The summed E-state index contributed by atoms with van der Waals surface area (Å²) in [5, 5.41) is 9.61. The summed E-state index contributed by atoms with van der Waals surface area (Å²) >= 11 is 5.79. The fraction of sp³-hybridized carbons (Fsp3) is 0.105. The summed E-state index contributed by atoms with van der Waals surface area (Å²) in [6.07, 6.45) is 0. The van der Waals surface area contributed by atoms with Crippen molar-refractivity contribution < 1.29 is 18.8 Å². The number of hydrogen-bond acceptors (Lipinski definition) is 5. The highest BCUT2D eigenvalue weighted by Crippen LogP contribution is 2.16. The molecule has 0 unspecified atom stereocenters. The normalized spacial score (nSPS) is 10.3. The lowest BCUT2D eigenvalue weighted by Crippen LogP contribution is -2.20. The summed E-state index contributed by atoms with van der Waals surface area (Å²) < 4.78 is 10.3. The average molecular weight is 386 g/mol. The van der Waals surface area contributed by atoms with Crippen molar-refractivity contribution >= 4 is 34.9 Å². The van der Waals surface area contributed by atoms with Crippen LogP contribution >= 0.6 is 11.6 Å². The maximum absolute atomic E-state index is 12.1. The highest BCUT2D eigenvalue weighted by atomic mass is 35.5. The van der Waals surface area contributed by atoms with Gasteiger partial charge in [-0.3, -0.25) is 9.59 Å². The Morgan fingerprint density at radius 2 is 1.78 bits per heavy atom. The fourth-order valence-corrected chi connectivity index (χ4v) is 2.32. The molecule has 0 bridgehead atoms. The molecule has 0 saturated carbocycles. The van der Waals surface area contributed by atoms with Crippen molar-refractivity contribution in [3.8, 4) is 5.75 Å². The van der Waals surface area contributed by atoms with E-state index in [0.717, 1.165) is 0 Å². The second-order valence-electron chi connectivity index (χ2n) is 5.65. The van der Waals surface area contributed by atoms with Crippen LogP contribution in [0.3, 0.4) is 0 Å². The third-order valence-electron chi connectivity index (χ3n) is 3.48. The van der Waals surface area contributed by atoms with E-state index in [0.29, 0.717) is 33.6 Å². The summed E-state index contributed by atoms with van der Waals surface area (Å²) in [6.45, 7) is 1.59. The molecular formula is C19H16ClN3O4. The van der Waals surface area contributed by atoms with Crippen LogP contribution in [0.4, 0.5) is 11.5 Å². The molecule has 0 saturated heterocycles. The predicted molar refractivity (Wildman–Crippen MR) is 101 cm³/mol. The maximum atomic E-state index is 12.1. The van der Waals surface area contributed by atoms with Gasteiger partial charge in [0.1, 0.15) is 11.5 Å². The van der Waals surface area contributed by atoms with E-state index in [2.05, 4.69) is 15.8 Å². The third-order valence-corrected chi connectivity index (χ3v) is 3.74. The van der Waals surface area contributed by atoms with Gasteiger partial charge in [0.05, 0.1) is 0 Å². The Bertz CT molecular complexity index is 936. The lowest BCUT2D eigenvalue weighted by Gasteiger charge is -2.08. The van der Waals surface area contributed by atoms with E-state index >= 15 is 0 Å². The van der Waals surface area contributed by atoms with Crippen LogP contribution in [0.2, 0.25) is 5.02 Å². The van der Waals surface area contributed by atoms with Crippen LogP contribution in [-0.2, 0) is 4.79 Å². The van der Waals surface area contributed by atoms with Crippen LogP contribution in [0.1, 0.15) is 16.1 Å². The van der Waals surface area contributed by atoms with Gasteiger partial charge in [0.15, 0.2) is 12.4 Å². The number of nitrogens with zero attached hydrogens (tertiary/aromatic N) is 1. The van der Waals surface area contributed by atoms with Gasteiger partial charge in [-0.2, -0.15) is 0 Å². The SMILES string of the molecule is Cc1cc(NC(=O)c2ccc(NC(=O)COc3ccc(Cl)cc3)cc2)no1. The number of anilines is 2. The first-order chi connectivity index (χ1) is 13.0. The molecule has 0 fully saturated rings. The van der Waals surface area contributed by atoms with E-state index in [1.54, 1.807) is 61.5 Å². The minimum Gasteiger partial charge on any atom is -0.484 e. The third kappa shape index (κ3) is 5.32. The van der Waals surface area contributed by atoms with Crippen LogP contribution in [0.25, 0.3) is 0 Å². The first-order valence-corrected chi connectivity index (χ1v) is 8.40. The number of aromatic nitrogens is 1. The summed E-state index contributed by atoms with van der Waals surface area (Å²) in [7, 11) is 0. The molecule has 138 valence electrons. The van der Waals surface area contributed by atoms with Gasteiger partial charge in [0, 0.05) is 22.3 Å². The smallest absolute Gasteiger partial charge is 0.262 e. The molecule has 2 N–H and O–H groups in total. The molecule has 1 aromatic heterocycles. The molecule has 7 nitrogen and oxygen atoms in total. The quantitative estimate of drug-likeness (QED) is 0.671. The Hall–Kier alpha value is -3.32. The number of halogens is 1. The van der Waals surface area contributed by atoms with Crippen molar-refractivity contribution in [3.63, 3.8) is 0 Å². The number of aryl methyl sites for hydroxylation is 1. The van der Waals surface area contributed by atoms with E-state index in [-0.39, 0.29) is 18.4 Å². The highest BCUT2D eigenvalue weighted by molar-refractivity contribution is 6.30. The first-order valence-electron chi connectivity index (χ1n) is 8.02. The monoisotopic (exact) mass is 385 g/mol. The summed E-state index contributed by atoms with van der Waals surface area (Å²) in [5.74, 6) is 0.843. The van der Waals surface area contributed by atoms with Crippen LogP contribution in [0, 0.1) is 6.92 Å². The predicted octanol–water partition coefficient (Wildman–Crippen LogP) is 3.91. The van der Waals surface area contributed by atoms with Gasteiger partial charge in [0.25, 0.3) is 11.8 Å². The van der Waals surface area contributed by atoms with Gasteiger partial charge in [-0.05, 0) is 55.5 Å². The number of nitrogens with one attached hydrogen (secondary N) is 2. The summed E-state index contributed by atoms with van der Waals surface area (Å²) in [6, 6.07) is 14.8. The second kappa shape index (κ2) is 8.37. The Balaban J connectivity index is 1.51. The van der Waals surface area contributed by atoms with Crippen molar-refractivity contribution in [1.29, 1.82) is 0 Å². The van der Waals surface area contributed by atoms with E-state index in [9.17, 15) is 9.59 Å². The Morgan fingerprint density at radius 1 is 1.07 bits per heavy atom. The molecule has 2 amide bonds. The van der Waals surface area contributed by atoms with Gasteiger partial charge in [-0.1, -0.05) is 16.8 Å². The van der Waals surface area contributed by atoms with Crippen LogP contribution in [0.15, 0.2) is 59.1 Å². The average Bonchev–Trinajstić information content (AvgIpc) is 3.06. The first kappa shape index (κ1) is 18.5. The van der Waals surface area contributed by atoms with Crippen LogP contribution in [0.5, 0.6) is 5.75 Å². The maximum Gasteiger partial charge on any atom is 0.262 e. The molecule has 0 atom stereocenters. The molecule has 0 aliphatic carbocycles. The van der Waals surface area contributed by atoms with E-state index in [1.165, 1.54) is 0 Å². The number of benzene rings is 2. The molecule has 1 heterocycles. The molecule has 0 aliphatic rings.